The van der Waals surface area contributed by atoms with Crippen LogP contribution in [0.1, 0.15) is 37.1 Å². The lowest BCUT2D eigenvalue weighted by Crippen LogP contribution is -2.32. The largest absolute Gasteiger partial charge is 0.573 e. The van der Waals surface area contributed by atoms with Crippen molar-refractivity contribution in [2.75, 3.05) is 24.3 Å². The van der Waals surface area contributed by atoms with Gasteiger partial charge in [0.25, 0.3) is 0 Å². The molecule has 1 aliphatic heterocycles. The van der Waals surface area contributed by atoms with Gasteiger partial charge in [0.1, 0.15) is 24.0 Å². The molecule has 1 aromatic heterocycles. The Balaban J connectivity index is 1.21. The van der Waals surface area contributed by atoms with E-state index in [9.17, 15) is 22.8 Å². The third-order valence-corrected chi connectivity index (χ3v) is 7.78. The minimum Gasteiger partial charge on any atom is -0.497 e. The Morgan fingerprint density at radius 3 is 2.41 bits per heavy atom. The maximum atomic E-state index is 15.1. The predicted molar refractivity (Wildman–Crippen MR) is 165 cm³/mol. The van der Waals surface area contributed by atoms with Crippen LogP contribution in [0, 0.1) is 0 Å². The van der Waals surface area contributed by atoms with Crippen LogP contribution in [0.2, 0.25) is 0 Å². The molecule has 5 rings (SSSR count). The van der Waals surface area contributed by atoms with Gasteiger partial charge in [0.15, 0.2) is 11.0 Å². The first-order chi connectivity index (χ1) is 21.9. The molecule has 1 saturated heterocycles. The lowest BCUT2D eigenvalue weighted by Gasteiger charge is -2.22. The summed E-state index contributed by atoms with van der Waals surface area (Å²) in [6.45, 7) is 3.62. The highest BCUT2D eigenvalue weighted by atomic mass is 32.2. The summed E-state index contributed by atoms with van der Waals surface area (Å²) in [4.78, 5) is 35.1. The molecule has 0 saturated carbocycles. The average molecular weight is 657 g/mol. The quantitative estimate of drug-likeness (QED) is 0.197. The van der Waals surface area contributed by atoms with Gasteiger partial charge in [0.2, 0.25) is 5.91 Å². The summed E-state index contributed by atoms with van der Waals surface area (Å²) < 4.78 is 62.9. The number of halogens is 4. The van der Waals surface area contributed by atoms with Crippen LogP contribution in [0.3, 0.4) is 0 Å². The second-order valence-corrected chi connectivity index (χ2v) is 11.3. The van der Waals surface area contributed by atoms with Crippen LogP contribution >= 0.6 is 11.8 Å². The van der Waals surface area contributed by atoms with Gasteiger partial charge in [-0.15, -0.1) is 18.3 Å². The first-order valence-electron chi connectivity index (χ1n) is 13.9. The third kappa shape index (κ3) is 7.65. The van der Waals surface area contributed by atoms with Gasteiger partial charge >= 0.3 is 12.4 Å². The molecule has 4 aromatic rings. The van der Waals surface area contributed by atoms with Gasteiger partial charge in [0, 0.05) is 11.6 Å². The molecule has 3 aromatic carbocycles. The number of hydrogen-bond donors (Lipinski definition) is 1. The van der Waals surface area contributed by atoms with Crippen molar-refractivity contribution in [2.45, 2.75) is 32.3 Å². The number of nitrogens with one attached hydrogen (secondary N) is 1. The Morgan fingerprint density at radius 2 is 1.76 bits per heavy atom. The first-order valence-corrected chi connectivity index (χ1v) is 14.9. The number of aromatic nitrogens is 3. The van der Waals surface area contributed by atoms with Crippen LogP contribution in [-0.2, 0) is 4.79 Å². The topological polar surface area (TPSA) is 111 Å². The smallest absolute Gasteiger partial charge is 0.497 e. The van der Waals surface area contributed by atoms with Gasteiger partial charge in [-0.2, -0.15) is 4.99 Å². The minimum atomic E-state index is -4.79. The summed E-state index contributed by atoms with van der Waals surface area (Å²) in [7, 11) is 1.52. The molecule has 46 heavy (non-hydrogen) atoms. The van der Waals surface area contributed by atoms with Crippen molar-refractivity contribution in [2.24, 2.45) is 4.99 Å². The first kappa shape index (κ1) is 32.5. The molecule has 1 atom stereocenters. The second kappa shape index (κ2) is 13.6. The number of aliphatic imine (C=N–C) groups is 1. The average Bonchev–Trinajstić information content (AvgIpc) is 3.66. The molecular formula is C31H28F4N6O4S. The number of benzene rings is 3. The van der Waals surface area contributed by atoms with E-state index in [-0.39, 0.29) is 35.0 Å². The van der Waals surface area contributed by atoms with Gasteiger partial charge in [0.05, 0.1) is 30.8 Å². The number of amidine groups is 1. The number of rotatable bonds is 9. The fourth-order valence-electron chi connectivity index (χ4n) is 4.60. The van der Waals surface area contributed by atoms with Crippen LogP contribution < -0.4 is 19.7 Å². The van der Waals surface area contributed by atoms with E-state index < -0.39 is 18.6 Å². The summed E-state index contributed by atoms with van der Waals surface area (Å²) >= 11 is 1.12. The molecule has 0 spiro atoms. The highest BCUT2D eigenvalue weighted by Crippen LogP contribution is 2.36. The predicted octanol–water partition coefficient (Wildman–Crippen LogP) is 6.82. The highest BCUT2D eigenvalue weighted by molar-refractivity contribution is 8.15. The van der Waals surface area contributed by atoms with Crippen molar-refractivity contribution in [1.29, 1.82) is 0 Å². The normalized spacial score (nSPS) is 15.0. The third-order valence-electron chi connectivity index (χ3n) is 6.85. The Kier molecular flexibility index (Phi) is 9.60. The summed E-state index contributed by atoms with van der Waals surface area (Å²) in [6.07, 6.45) is -4.95. The van der Waals surface area contributed by atoms with Crippen molar-refractivity contribution >= 4 is 34.6 Å². The number of alkyl halides is 4. The van der Waals surface area contributed by atoms with Crippen molar-refractivity contribution in [3.8, 4) is 28.6 Å². The van der Waals surface area contributed by atoms with Crippen LogP contribution in [0.5, 0.6) is 11.5 Å². The second-order valence-electron chi connectivity index (χ2n) is 10.3. The molecule has 2 heterocycles. The number of carbonyl (C=O) groups is 2. The van der Waals surface area contributed by atoms with Gasteiger partial charge in [-0.3, -0.25) is 9.69 Å². The Bertz CT molecular complexity index is 1740. The molecule has 10 nitrogen and oxygen atoms in total. The number of methoxy groups -OCH3 is 1. The van der Waals surface area contributed by atoms with Gasteiger partial charge in [-0.25, -0.2) is 18.9 Å². The standard InChI is InChI=1S/C31H28F4N6O4S/c1-18(2)24-13-12-23(44-3)14-26(24)41-27(42)16-46-30(41)38-29(43)36-15-25(32)19-4-6-20(7-5-19)28-37-17-40(39-28)21-8-10-22(11-9-21)45-31(33,34)35/h4-14,17-18,25H,15-16H2,1-3H3,(H,36,43). The monoisotopic (exact) mass is 656 g/mol. The fraction of sp³-hybridized carbons (Fsp3) is 0.258. The van der Waals surface area contributed by atoms with Crippen LogP contribution in [0.4, 0.5) is 28.0 Å². The van der Waals surface area contributed by atoms with Crippen LogP contribution in [-0.4, -0.2) is 57.6 Å². The number of urea groups is 1. The van der Waals surface area contributed by atoms with Crippen LogP contribution in [0.15, 0.2) is 78.0 Å². The molecular weight excluding hydrogens is 628 g/mol. The van der Waals surface area contributed by atoms with E-state index in [1.807, 2.05) is 19.9 Å². The summed E-state index contributed by atoms with van der Waals surface area (Å²) in [5, 5.41) is 6.99. The van der Waals surface area contributed by atoms with Crippen molar-refractivity contribution in [3.05, 3.63) is 84.2 Å². The van der Waals surface area contributed by atoms with Crippen molar-refractivity contribution in [3.63, 3.8) is 0 Å². The molecule has 1 aliphatic rings. The molecule has 3 amide bonds. The Morgan fingerprint density at radius 1 is 1.07 bits per heavy atom. The fourth-order valence-corrected chi connectivity index (χ4v) is 5.45. The van der Waals surface area contributed by atoms with Crippen molar-refractivity contribution < 1.29 is 36.6 Å². The minimum absolute atomic E-state index is 0.0852. The summed E-state index contributed by atoms with van der Waals surface area (Å²) in [5.41, 5.74) is 2.78. The molecule has 240 valence electrons. The van der Waals surface area contributed by atoms with E-state index >= 15 is 4.39 Å². The number of ether oxygens (including phenoxy) is 2. The molecule has 0 bridgehead atoms. The van der Waals surface area contributed by atoms with Gasteiger partial charge < -0.3 is 14.8 Å². The number of hydrogen-bond acceptors (Lipinski definition) is 7. The zero-order valence-electron chi connectivity index (χ0n) is 24.8. The Labute approximate surface area is 265 Å². The van der Waals surface area contributed by atoms with Gasteiger partial charge in [-0.05, 0) is 47.4 Å². The van der Waals surface area contributed by atoms with E-state index in [4.69, 9.17) is 4.74 Å². The number of carbonyl (C=O) groups excluding carboxylic acids is 2. The van der Waals surface area contributed by atoms with Gasteiger partial charge in [-0.1, -0.05) is 55.9 Å². The van der Waals surface area contributed by atoms with E-state index in [1.54, 1.807) is 24.3 Å². The molecule has 1 fully saturated rings. The molecule has 0 aliphatic carbocycles. The SMILES string of the molecule is COc1ccc(C(C)C)c(N2C(=O)CSC2=NC(=O)NCC(F)c2ccc(-c3ncn(-c4ccc(OC(F)(F)F)cc4)n3)cc2)c1. The molecule has 15 heteroatoms. The van der Waals surface area contributed by atoms with Crippen molar-refractivity contribution in [1.82, 2.24) is 20.1 Å². The lowest BCUT2D eigenvalue weighted by atomic mass is 10.00. The number of thioether (sulfide) groups is 1. The van der Waals surface area contributed by atoms with Crippen LogP contribution in [0.25, 0.3) is 17.1 Å². The summed E-state index contributed by atoms with van der Waals surface area (Å²) in [5.74, 6) is 0.461. The van der Waals surface area contributed by atoms with E-state index in [2.05, 4.69) is 25.1 Å². The highest BCUT2D eigenvalue weighted by Gasteiger charge is 2.33. The van der Waals surface area contributed by atoms with E-state index in [1.165, 1.54) is 47.3 Å². The zero-order chi connectivity index (χ0) is 33.0. The van der Waals surface area contributed by atoms with E-state index in [0.29, 0.717) is 34.1 Å². The lowest BCUT2D eigenvalue weighted by molar-refractivity contribution is -0.274. The molecule has 1 unspecified atom stereocenters. The Hall–Kier alpha value is -4.92. The zero-order valence-corrected chi connectivity index (χ0v) is 25.6. The number of amides is 3. The maximum Gasteiger partial charge on any atom is 0.573 e. The summed E-state index contributed by atoms with van der Waals surface area (Å²) in [6, 6.07) is 16.0. The molecule has 0 radical (unpaired) electrons. The molecule has 1 N–H and O–H groups in total. The maximum absolute atomic E-state index is 15.1. The van der Waals surface area contributed by atoms with E-state index in [0.717, 1.165) is 29.5 Å². The number of anilines is 1. The number of nitrogens with zero attached hydrogens (tertiary/aromatic N) is 5.